The average Bonchev–Trinajstić information content (AvgIpc) is 3.25. The van der Waals surface area contributed by atoms with Gasteiger partial charge < -0.3 is 10.1 Å². The van der Waals surface area contributed by atoms with E-state index < -0.39 is 12.1 Å². The smallest absolute Gasteiger partial charge is 0.342 e. The van der Waals surface area contributed by atoms with Crippen LogP contribution in [0.4, 0.5) is 0 Å². The number of nitrogens with zero attached hydrogens (tertiary/aromatic N) is 2. The van der Waals surface area contributed by atoms with Crippen LogP contribution in [0.5, 0.6) is 0 Å². The first kappa shape index (κ1) is 17.2. The minimum absolute atomic E-state index is 0.205. The molecule has 1 aromatic heterocycles. The Morgan fingerprint density at radius 2 is 1.92 bits per heavy atom. The molecule has 2 aromatic rings. The Morgan fingerprint density at radius 1 is 1.24 bits per heavy atom. The van der Waals surface area contributed by atoms with Gasteiger partial charge in [-0.05, 0) is 38.8 Å². The summed E-state index contributed by atoms with van der Waals surface area (Å²) in [5, 5.41) is 7.20. The molecule has 1 atom stereocenters. The van der Waals surface area contributed by atoms with Gasteiger partial charge in [-0.15, -0.1) is 0 Å². The molecule has 25 heavy (non-hydrogen) atoms. The van der Waals surface area contributed by atoms with E-state index in [9.17, 15) is 9.59 Å². The zero-order chi connectivity index (χ0) is 17.8. The van der Waals surface area contributed by atoms with E-state index in [0.29, 0.717) is 11.3 Å². The van der Waals surface area contributed by atoms with Gasteiger partial charge in [-0.3, -0.25) is 4.79 Å². The van der Waals surface area contributed by atoms with Crippen molar-refractivity contribution in [3.05, 3.63) is 47.8 Å². The first-order chi connectivity index (χ1) is 12.1. The maximum Gasteiger partial charge on any atom is 0.342 e. The SMILES string of the molecule is Cc1c(C(=O)OC(C)C(=O)NC2CCCC2)cnn1-c1ccccc1. The fraction of sp³-hybridized carbons (Fsp3) is 0.421. The molecule has 1 N–H and O–H groups in total. The Labute approximate surface area is 147 Å². The molecule has 1 amide bonds. The molecular weight excluding hydrogens is 318 g/mol. The Balaban J connectivity index is 1.65. The van der Waals surface area contributed by atoms with Crippen molar-refractivity contribution in [3.8, 4) is 5.69 Å². The van der Waals surface area contributed by atoms with Crippen molar-refractivity contribution < 1.29 is 14.3 Å². The zero-order valence-electron chi connectivity index (χ0n) is 14.6. The summed E-state index contributed by atoms with van der Waals surface area (Å²) in [6, 6.07) is 9.76. The van der Waals surface area contributed by atoms with E-state index in [1.165, 1.54) is 6.20 Å². The highest BCUT2D eigenvalue weighted by molar-refractivity contribution is 5.93. The lowest BCUT2D eigenvalue weighted by Crippen LogP contribution is -2.40. The minimum Gasteiger partial charge on any atom is -0.449 e. The molecule has 0 spiro atoms. The third-order valence-electron chi connectivity index (χ3n) is 4.59. The lowest BCUT2D eigenvalue weighted by molar-refractivity contribution is -0.129. The van der Waals surface area contributed by atoms with Gasteiger partial charge in [0.05, 0.1) is 17.6 Å². The van der Waals surface area contributed by atoms with Crippen LogP contribution in [0.2, 0.25) is 0 Å². The second-order valence-electron chi connectivity index (χ2n) is 6.43. The Bertz CT molecular complexity index is 749. The first-order valence-electron chi connectivity index (χ1n) is 8.67. The van der Waals surface area contributed by atoms with E-state index in [2.05, 4.69) is 10.4 Å². The lowest BCUT2D eigenvalue weighted by Gasteiger charge is -2.17. The molecule has 1 fully saturated rings. The standard InChI is InChI=1S/C19H23N3O3/c1-13-17(12-20-22(13)16-10-4-3-5-11-16)19(24)25-14(2)18(23)21-15-8-6-7-9-15/h3-5,10-12,14-15H,6-9H2,1-2H3,(H,21,23). The Morgan fingerprint density at radius 3 is 2.60 bits per heavy atom. The van der Waals surface area contributed by atoms with Gasteiger partial charge in [0.2, 0.25) is 0 Å². The number of carbonyl (C=O) groups is 2. The summed E-state index contributed by atoms with van der Waals surface area (Å²) in [5.74, 6) is -0.776. The molecule has 1 unspecified atom stereocenters. The van der Waals surface area contributed by atoms with Crippen LogP contribution >= 0.6 is 0 Å². The molecule has 0 aliphatic heterocycles. The van der Waals surface area contributed by atoms with Crippen molar-refractivity contribution >= 4 is 11.9 Å². The van der Waals surface area contributed by atoms with Crippen molar-refractivity contribution in [1.29, 1.82) is 0 Å². The van der Waals surface area contributed by atoms with Gasteiger partial charge in [-0.2, -0.15) is 5.10 Å². The van der Waals surface area contributed by atoms with Gasteiger partial charge in [0.15, 0.2) is 6.10 Å². The van der Waals surface area contributed by atoms with Gasteiger partial charge in [0.1, 0.15) is 5.56 Å². The quantitative estimate of drug-likeness (QED) is 0.849. The van der Waals surface area contributed by atoms with E-state index in [1.54, 1.807) is 18.5 Å². The number of nitrogens with one attached hydrogen (secondary N) is 1. The van der Waals surface area contributed by atoms with Gasteiger partial charge in [-0.25, -0.2) is 9.48 Å². The number of aromatic nitrogens is 2. The summed E-state index contributed by atoms with van der Waals surface area (Å²) in [7, 11) is 0. The van der Waals surface area contributed by atoms with E-state index in [4.69, 9.17) is 4.74 Å². The van der Waals surface area contributed by atoms with Crippen molar-refractivity contribution in [2.24, 2.45) is 0 Å². The third kappa shape index (κ3) is 3.90. The zero-order valence-corrected chi connectivity index (χ0v) is 14.6. The predicted octanol–water partition coefficient (Wildman–Crippen LogP) is 2.78. The molecule has 6 heteroatoms. The van der Waals surface area contributed by atoms with Crippen molar-refractivity contribution in [1.82, 2.24) is 15.1 Å². The van der Waals surface area contributed by atoms with Gasteiger partial charge in [0, 0.05) is 6.04 Å². The highest BCUT2D eigenvalue weighted by Crippen LogP contribution is 2.18. The van der Waals surface area contributed by atoms with Crippen molar-refractivity contribution in [2.75, 3.05) is 0 Å². The van der Waals surface area contributed by atoms with Crippen LogP contribution in [0.15, 0.2) is 36.5 Å². The summed E-state index contributed by atoms with van der Waals surface area (Å²) in [6.45, 7) is 3.40. The van der Waals surface area contributed by atoms with Crippen molar-refractivity contribution in [3.63, 3.8) is 0 Å². The third-order valence-corrected chi connectivity index (χ3v) is 4.59. The molecule has 1 aliphatic carbocycles. The summed E-state index contributed by atoms with van der Waals surface area (Å²) >= 11 is 0. The molecule has 1 aliphatic rings. The minimum atomic E-state index is -0.826. The number of ether oxygens (including phenoxy) is 1. The van der Waals surface area contributed by atoms with E-state index in [0.717, 1.165) is 31.4 Å². The average molecular weight is 341 g/mol. The molecule has 0 bridgehead atoms. The second kappa shape index (κ2) is 7.51. The largest absolute Gasteiger partial charge is 0.449 e. The first-order valence-corrected chi connectivity index (χ1v) is 8.67. The maximum absolute atomic E-state index is 12.4. The number of para-hydroxylation sites is 1. The number of amides is 1. The fourth-order valence-corrected chi connectivity index (χ4v) is 3.11. The van der Waals surface area contributed by atoms with Gasteiger partial charge in [0.25, 0.3) is 5.91 Å². The number of carbonyl (C=O) groups excluding carboxylic acids is 2. The van der Waals surface area contributed by atoms with Gasteiger partial charge >= 0.3 is 5.97 Å². The summed E-state index contributed by atoms with van der Waals surface area (Å²) in [4.78, 5) is 24.6. The van der Waals surface area contributed by atoms with Crippen LogP contribution in [0, 0.1) is 6.92 Å². The van der Waals surface area contributed by atoms with Crippen LogP contribution in [-0.4, -0.2) is 33.8 Å². The molecule has 0 saturated heterocycles. The monoisotopic (exact) mass is 341 g/mol. The highest BCUT2D eigenvalue weighted by Gasteiger charge is 2.25. The van der Waals surface area contributed by atoms with Gasteiger partial charge in [-0.1, -0.05) is 31.0 Å². The molecular formula is C19H23N3O3. The van der Waals surface area contributed by atoms with Crippen LogP contribution < -0.4 is 5.32 Å². The molecule has 132 valence electrons. The number of rotatable bonds is 5. The molecule has 3 rings (SSSR count). The number of benzene rings is 1. The highest BCUT2D eigenvalue weighted by atomic mass is 16.5. The lowest BCUT2D eigenvalue weighted by atomic mass is 10.2. The van der Waals surface area contributed by atoms with E-state index in [-0.39, 0.29) is 11.9 Å². The molecule has 0 radical (unpaired) electrons. The molecule has 6 nitrogen and oxygen atoms in total. The number of esters is 1. The number of hydrogen-bond acceptors (Lipinski definition) is 4. The fourth-order valence-electron chi connectivity index (χ4n) is 3.11. The second-order valence-corrected chi connectivity index (χ2v) is 6.43. The summed E-state index contributed by atoms with van der Waals surface area (Å²) in [5.41, 5.74) is 1.91. The van der Waals surface area contributed by atoms with Crippen LogP contribution in [-0.2, 0) is 9.53 Å². The van der Waals surface area contributed by atoms with Crippen molar-refractivity contribution in [2.45, 2.75) is 51.7 Å². The molecule has 1 saturated carbocycles. The van der Waals surface area contributed by atoms with Crippen LogP contribution in [0.3, 0.4) is 0 Å². The van der Waals surface area contributed by atoms with Crippen LogP contribution in [0.25, 0.3) is 5.69 Å². The molecule has 1 heterocycles. The topological polar surface area (TPSA) is 73.2 Å². The predicted molar refractivity (Wildman–Crippen MR) is 93.6 cm³/mol. The maximum atomic E-state index is 12.4. The van der Waals surface area contributed by atoms with E-state index in [1.807, 2.05) is 30.3 Å². The van der Waals surface area contributed by atoms with E-state index >= 15 is 0 Å². The normalized spacial score (nSPS) is 15.8. The summed E-state index contributed by atoms with van der Waals surface area (Å²) in [6.07, 6.45) is 4.91. The Kier molecular flexibility index (Phi) is 5.16. The number of hydrogen-bond donors (Lipinski definition) is 1. The molecule has 1 aromatic carbocycles. The van der Waals surface area contributed by atoms with Crippen LogP contribution in [0.1, 0.15) is 48.7 Å². The summed E-state index contributed by atoms with van der Waals surface area (Å²) < 4.78 is 7.01. The Hall–Kier alpha value is -2.63.